The predicted octanol–water partition coefficient (Wildman–Crippen LogP) is 1.33. The number of hydrogen-bond donors (Lipinski definition) is 2. The molecular weight excluding hydrogens is 250 g/mol. The third kappa shape index (κ3) is 3.08. The van der Waals surface area contributed by atoms with Crippen LogP contribution in [0.25, 0.3) is 0 Å². The molecule has 1 aromatic carbocycles. The number of benzene rings is 1. The first kappa shape index (κ1) is 14.7. The summed E-state index contributed by atoms with van der Waals surface area (Å²) in [4.78, 5) is 0.294. The molecule has 0 aliphatic rings. The van der Waals surface area contributed by atoms with Crippen LogP contribution in [0.3, 0.4) is 0 Å². The van der Waals surface area contributed by atoms with Crippen molar-refractivity contribution in [3.8, 4) is 0 Å². The van der Waals surface area contributed by atoms with Gasteiger partial charge in [0.05, 0.1) is 10.7 Å². The Kier molecular flexibility index (Phi) is 4.48. The first-order chi connectivity index (χ1) is 8.26. The molecule has 0 amide bonds. The molecule has 0 aliphatic heterocycles. The molecule has 1 aromatic rings. The van der Waals surface area contributed by atoms with Crippen LogP contribution in [0.15, 0.2) is 29.2 Å². The molecule has 0 fully saturated rings. The quantitative estimate of drug-likeness (QED) is 0.624. The molecule has 0 bridgehead atoms. The number of hydrogen-bond acceptors (Lipinski definition) is 3. The van der Waals surface area contributed by atoms with Gasteiger partial charge in [0, 0.05) is 19.5 Å². The van der Waals surface area contributed by atoms with Gasteiger partial charge in [0.2, 0.25) is 10.0 Å². The van der Waals surface area contributed by atoms with Crippen LogP contribution in [0.4, 0.5) is 0 Å². The molecule has 0 saturated carbocycles. The minimum Gasteiger partial charge on any atom is -0.388 e. The van der Waals surface area contributed by atoms with E-state index >= 15 is 0 Å². The van der Waals surface area contributed by atoms with Crippen LogP contribution in [0, 0.1) is 12.3 Å². The largest absolute Gasteiger partial charge is 0.388 e. The van der Waals surface area contributed by atoms with E-state index in [0.29, 0.717) is 10.5 Å². The lowest BCUT2D eigenvalue weighted by Crippen LogP contribution is -2.37. The van der Waals surface area contributed by atoms with E-state index in [-0.39, 0.29) is 18.3 Å². The molecule has 0 spiro atoms. The zero-order valence-electron chi connectivity index (χ0n) is 10.8. The van der Waals surface area contributed by atoms with E-state index in [9.17, 15) is 8.42 Å². The van der Waals surface area contributed by atoms with Crippen molar-refractivity contribution in [3.05, 3.63) is 29.8 Å². The SMILES string of the molecule is Cc1ccccc1S(=O)(=O)N(C)C(C)CC(=N)N. The van der Waals surface area contributed by atoms with Crippen LogP contribution in [0.2, 0.25) is 0 Å². The zero-order valence-corrected chi connectivity index (χ0v) is 11.7. The molecule has 6 heteroatoms. The maximum Gasteiger partial charge on any atom is 0.243 e. The molecule has 3 N–H and O–H groups in total. The Morgan fingerprint density at radius 2 is 2.00 bits per heavy atom. The number of aryl methyl sites for hydroxylation is 1. The Morgan fingerprint density at radius 3 is 2.50 bits per heavy atom. The van der Waals surface area contributed by atoms with Crippen molar-refractivity contribution >= 4 is 15.9 Å². The van der Waals surface area contributed by atoms with Crippen molar-refractivity contribution in [1.82, 2.24) is 4.31 Å². The third-order valence-electron chi connectivity index (χ3n) is 2.89. The van der Waals surface area contributed by atoms with Gasteiger partial charge in [-0.2, -0.15) is 4.31 Å². The Bertz CT molecular complexity index is 540. The lowest BCUT2D eigenvalue weighted by atomic mass is 10.2. The summed E-state index contributed by atoms with van der Waals surface area (Å²) < 4.78 is 26.0. The fourth-order valence-corrected chi connectivity index (χ4v) is 3.27. The van der Waals surface area contributed by atoms with Gasteiger partial charge < -0.3 is 5.73 Å². The van der Waals surface area contributed by atoms with Crippen LogP contribution in [0.5, 0.6) is 0 Å². The van der Waals surface area contributed by atoms with Crippen molar-refractivity contribution in [2.24, 2.45) is 5.73 Å². The topological polar surface area (TPSA) is 87.2 Å². The summed E-state index contributed by atoms with van der Waals surface area (Å²) in [6, 6.07) is 6.50. The van der Waals surface area contributed by atoms with Gasteiger partial charge >= 0.3 is 0 Å². The number of rotatable bonds is 5. The number of nitrogens with zero attached hydrogens (tertiary/aromatic N) is 1. The van der Waals surface area contributed by atoms with Crippen LogP contribution in [-0.2, 0) is 10.0 Å². The van der Waals surface area contributed by atoms with E-state index in [0.717, 1.165) is 0 Å². The average molecular weight is 269 g/mol. The smallest absolute Gasteiger partial charge is 0.243 e. The summed E-state index contributed by atoms with van der Waals surface area (Å²) in [5.74, 6) is -0.0191. The van der Waals surface area contributed by atoms with Gasteiger partial charge in [-0.1, -0.05) is 18.2 Å². The fraction of sp³-hybridized carbons (Fsp3) is 0.417. The fourth-order valence-electron chi connectivity index (χ4n) is 1.68. The highest BCUT2D eigenvalue weighted by Crippen LogP contribution is 2.20. The second-order valence-electron chi connectivity index (χ2n) is 4.37. The summed E-state index contributed by atoms with van der Waals surface area (Å²) in [6.45, 7) is 3.49. The van der Waals surface area contributed by atoms with Crippen molar-refractivity contribution < 1.29 is 8.42 Å². The van der Waals surface area contributed by atoms with Crippen molar-refractivity contribution in [2.45, 2.75) is 31.2 Å². The van der Waals surface area contributed by atoms with Gasteiger partial charge in [-0.05, 0) is 25.5 Å². The number of sulfonamides is 1. The van der Waals surface area contributed by atoms with E-state index in [4.69, 9.17) is 11.1 Å². The highest BCUT2D eigenvalue weighted by atomic mass is 32.2. The van der Waals surface area contributed by atoms with Gasteiger partial charge in [-0.3, -0.25) is 5.41 Å². The monoisotopic (exact) mass is 269 g/mol. The molecule has 0 heterocycles. The summed E-state index contributed by atoms with van der Waals surface area (Å²) in [5.41, 5.74) is 6.01. The maximum atomic E-state index is 12.4. The predicted molar refractivity (Wildman–Crippen MR) is 72.1 cm³/mol. The van der Waals surface area contributed by atoms with Gasteiger partial charge in [0.25, 0.3) is 0 Å². The molecular formula is C12H19N3O2S. The minimum absolute atomic E-state index is 0.0191. The summed E-state index contributed by atoms with van der Waals surface area (Å²) >= 11 is 0. The van der Waals surface area contributed by atoms with Crippen molar-refractivity contribution in [2.75, 3.05) is 7.05 Å². The van der Waals surface area contributed by atoms with Crippen molar-refractivity contribution in [3.63, 3.8) is 0 Å². The molecule has 100 valence electrons. The zero-order chi connectivity index (χ0) is 13.9. The number of nitrogens with two attached hydrogens (primary N) is 1. The molecule has 1 rings (SSSR count). The minimum atomic E-state index is -3.53. The molecule has 18 heavy (non-hydrogen) atoms. The molecule has 0 radical (unpaired) electrons. The van der Waals surface area contributed by atoms with Gasteiger partial charge in [0.15, 0.2) is 0 Å². The molecule has 0 saturated heterocycles. The average Bonchev–Trinajstić information content (AvgIpc) is 2.27. The molecule has 0 aromatic heterocycles. The molecule has 1 atom stereocenters. The lowest BCUT2D eigenvalue weighted by molar-refractivity contribution is 0.395. The number of nitrogens with one attached hydrogen (secondary N) is 1. The van der Waals surface area contributed by atoms with E-state index < -0.39 is 10.0 Å². The highest BCUT2D eigenvalue weighted by Gasteiger charge is 2.26. The van der Waals surface area contributed by atoms with Crippen LogP contribution in [-0.4, -0.2) is 31.6 Å². The maximum absolute atomic E-state index is 12.4. The molecule has 5 nitrogen and oxygen atoms in total. The van der Waals surface area contributed by atoms with Crippen LogP contribution < -0.4 is 5.73 Å². The van der Waals surface area contributed by atoms with E-state index in [1.165, 1.54) is 11.4 Å². The lowest BCUT2D eigenvalue weighted by Gasteiger charge is -2.24. The van der Waals surface area contributed by atoms with Crippen LogP contribution >= 0.6 is 0 Å². The van der Waals surface area contributed by atoms with E-state index in [1.807, 2.05) is 0 Å². The van der Waals surface area contributed by atoms with E-state index in [2.05, 4.69) is 0 Å². The second kappa shape index (κ2) is 5.49. The normalized spacial score (nSPS) is 13.6. The molecule has 1 unspecified atom stereocenters. The summed E-state index contributed by atoms with van der Waals surface area (Å²) in [5, 5.41) is 7.23. The first-order valence-corrected chi connectivity index (χ1v) is 7.07. The Morgan fingerprint density at radius 1 is 1.44 bits per heavy atom. The van der Waals surface area contributed by atoms with Gasteiger partial charge in [-0.15, -0.1) is 0 Å². The standard InChI is InChI=1S/C12H19N3O2S/c1-9-6-4-5-7-11(9)18(16,17)15(3)10(2)8-12(13)14/h4-7,10H,8H2,1-3H3,(H3,13,14). The number of amidine groups is 1. The van der Waals surface area contributed by atoms with Gasteiger partial charge in [-0.25, -0.2) is 8.42 Å². The van der Waals surface area contributed by atoms with Crippen LogP contribution in [0.1, 0.15) is 18.9 Å². The Hall–Kier alpha value is -1.40. The third-order valence-corrected chi connectivity index (χ3v) is 5.02. The highest BCUT2D eigenvalue weighted by molar-refractivity contribution is 7.89. The Labute approximate surface area is 108 Å². The second-order valence-corrected chi connectivity index (χ2v) is 6.33. The Balaban J connectivity index is 3.08. The summed E-state index contributed by atoms with van der Waals surface area (Å²) in [7, 11) is -2.02. The van der Waals surface area contributed by atoms with E-state index in [1.54, 1.807) is 38.1 Å². The molecule has 0 aliphatic carbocycles. The van der Waals surface area contributed by atoms with Gasteiger partial charge in [0.1, 0.15) is 0 Å². The first-order valence-electron chi connectivity index (χ1n) is 5.63. The van der Waals surface area contributed by atoms with Crippen molar-refractivity contribution in [1.29, 1.82) is 5.41 Å². The summed E-state index contributed by atoms with van der Waals surface area (Å²) in [6.07, 6.45) is 0.224.